The molecular weight excluding hydrogens is 293 g/mol. The first-order valence-corrected chi connectivity index (χ1v) is 7.24. The number of hydrogen-bond acceptors (Lipinski definition) is 3. The van der Waals surface area contributed by atoms with Gasteiger partial charge in [0.2, 0.25) is 0 Å². The molecule has 0 radical (unpaired) electrons. The summed E-state index contributed by atoms with van der Waals surface area (Å²) in [7, 11) is 1.79. The fourth-order valence-electron chi connectivity index (χ4n) is 1.99. The van der Waals surface area contributed by atoms with Crippen molar-refractivity contribution in [3.8, 4) is 0 Å². The van der Waals surface area contributed by atoms with Gasteiger partial charge in [-0.3, -0.25) is 0 Å². The molecule has 0 fully saturated rings. The lowest BCUT2D eigenvalue weighted by Crippen LogP contribution is -2.23. The molecular formula is C15H17Cl2N3. The lowest BCUT2D eigenvalue weighted by Gasteiger charge is -2.24. The molecule has 0 aliphatic carbocycles. The Bertz CT molecular complexity index is 573. The van der Waals surface area contributed by atoms with Gasteiger partial charge in [0.15, 0.2) is 0 Å². The van der Waals surface area contributed by atoms with Crippen LogP contribution in [-0.2, 0) is 6.54 Å². The molecule has 0 saturated carbocycles. The Kier molecular flexibility index (Phi) is 5.10. The summed E-state index contributed by atoms with van der Waals surface area (Å²) in [6.45, 7) is 3.65. The van der Waals surface area contributed by atoms with E-state index in [9.17, 15) is 0 Å². The lowest BCUT2D eigenvalue weighted by molar-refractivity contribution is 0.814. The first kappa shape index (κ1) is 14.9. The number of nitrogens with one attached hydrogen (secondary N) is 1. The second-order valence-corrected chi connectivity index (χ2v) is 5.19. The highest BCUT2D eigenvalue weighted by molar-refractivity contribution is 6.37. The van der Waals surface area contributed by atoms with Crippen molar-refractivity contribution >= 4 is 34.8 Å². The third-order valence-electron chi connectivity index (χ3n) is 3.05. The fraction of sp³-hybridized carbons (Fsp3) is 0.267. The third-order valence-corrected chi connectivity index (χ3v) is 3.61. The Morgan fingerprint density at radius 1 is 1.15 bits per heavy atom. The van der Waals surface area contributed by atoms with Crippen molar-refractivity contribution in [2.24, 2.45) is 0 Å². The molecule has 2 rings (SSSR count). The van der Waals surface area contributed by atoms with Crippen LogP contribution in [0, 0.1) is 0 Å². The van der Waals surface area contributed by atoms with E-state index in [1.54, 1.807) is 13.1 Å². The molecule has 1 N–H and O–H groups in total. The van der Waals surface area contributed by atoms with Crippen LogP contribution in [0.1, 0.15) is 12.5 Å². The maximum absolute atomic E-state index is 6.28. The summed E-state index contributed by atoms with van der Waals surface area (Å²) >= 11 is 12.4. The zero-order valence-corrected chi connectivity index (χ0v) is 13.0. The number of halogens is 2. The van der Waals surface area contributed by atoms with E-state index >= 15 is 0 Å². The first-order valence-electron chi connectivity index (χ1n) is 6.48. The molecule has 106 valence electrons. The van der Waals surface area contributed by atoms with Gasteiger partial charge in [0.25, 0.3) is 0 Å². The summed E-state index contributed by atoms with van der Waals surface area (Å²) in [5.74, 6) is 1.38. The predicted molar refractivity (Wildman–Crippen MR) is 87.0 cm³/mol. The van der Waals surface area contributed by atoms with Gasteiger partial charge >= 0.3 is 0 Å². The van der Waals surface area contributed by atoms with Crippen LogP contribution >= 0.6 is 23.2 Å². The number of anilines is 2. The number of aromatic nitrogens is 1. The summed E-state index contributed by atoms with van der Waals surface area (Å²) < 4.78 is 0. The van der Waals surface area contributed by atoms with Crippen molar-refractivity contribution in [2.45, 2.75) is 13.5 Å². The fourth-order valence-corrected chi connectivity index (χ4v) is 2.57. The van der Waals surface area contributed by atoms with Crippen LogP contribution in [-0.4, -0.2) is 18.6 Å². The summed E-state index contributed by atoms with van der Waals surface area (Å²) in [6.07, 6.45) is 0. The van der Waals surface area contributed by atoms with Crippen LogP contribution in [0.2, 0.25) is 10.0 Å². The normalized spacial score (nSPS) is 10.4. The zero-order chi connectivity index (χ0) is 14.5. The van der Waals surface area contributed by atoms with E-state index in [0.717, 1.165) is 18.9 Å². The Labute approximate surface area is 129 Å². The Hall–Kier alpha value is -1.45. The summed E-state index contributed by atoms with van der Waals surface area (Å²) in [5, 5.41) is 4.06. The number of hydrogen-bond donors (Lipinski definition) is 1. The molecule has 0 aliphatic heterocycles. The molecule has 5 heteroatoms. The van der Waals surface area contributed by atoms with Crippen molar-refractivity contribution in [1.82, 2.24) is 4.98 Å². The minimum atomic E-state index is 0.525. The number of benzene rings is 1. The first-order chi connectivity index (χ1) is 9.65. The largest absolute Gasteiger partial charge is 0.372 e. The highest BCUT2D eigenvalue weighted by Crippen LogP contribution is 2.31. The summed E-state index contributed by atoms with van der Waals surface area (Å²) in [6, 6.07) is 12.0. The SMILES string of the molecule is CCN(Cc1ccccc1)c1nc(NC)c(Cl)cc1Cl. The van der Waals surface area contributed by atoms with Gasteiger partial charge in [-0.25, -0.2) is 4.98 Å². The standard InChI is InChI=1S/C15H17Cl2N3/c1-3-20(10-11-7-5-4-6-8-11)15-13(17)9-12(16)14(18-2)19-15/h4-9H,3,10H2,1-2H3,(H,18,19). The summed E-state index contributed by atoms with van der Waals surface area (Å²) in [5.41, 5.74) is 1.22. The van der Waals surface area contributed by atoms with E-state index in [2.05, 4.69) is 34.3 Å². The second-order valence-electron chi connectivity index (χ2n) is 4.37. The van der Waals surface area contributed by atoms with E-state index < -0.39 is 0 Å². The molecule has 0 unspecified atom stereocenters. The number of rotatable bonds is 5. The molecule has 0 aliphatic rings. The molecule has 3 nitrogen and oxygen atoms in total. The molecule has 1 aromatic carbocycles. The van der Waals surface area contributed by atoms with Gasteiger partial charge in [-0.15, -0.1) is 0 Å². The van der Waals surface area contributed by atoms with Crippen LogP contribution in [0.4, 0.5) is 11.6 Å². The zero-order valence-electron chi connectivity index (χ0n) is 11.5. The van der Waals surface area contributed by atoms with Crippen molar-refractivity contribution in [2.75, 3.05) is 23.8 Å². The molecule has 0 bridgehead atoms. The van der Waals surface area contributed by atoms with Gasteiger partial charge in [0.05, 0.1) is 10.0 Å². The van der Waals surface area contributed by atoms with Gasteiger partial charge in [-0.2, -0.15) is 0 Å². The highest BCUT2D eigenvalue weighted by atomic mass is 35.5. The lowest BCUT2D eigenvalue weighted by atomic mass is 10.2. The van der Waals surface area contributed by atoms with Crippen molar-refractivity contribution in [3.63, 3.8) is 0 Å². The smallest absolute Gasteiger partial charge is 0.150 e. The molecule has 0 atom stereocenters. The minimum absolute atomic E-state index is 0.525. The summed E-state index contributed by atoms with van der Waals surface area (Å²) in [4.78, 5) is 6.63. The van der Waals surface area contributed by atoms with E-state index in [4.69, 9.17) is 23.2 Å². The highest BCUT2D eigenvalue weighted by Gasteiger charge is 2.14. The van der Waals surface area contributed by atoms with Gasteiger partial charge in [-0.1, -0.05) is 53.5 Å². The molecule has 1 aromatic heterocycles. The van der Waals surface area contributed by atoms with E-state index in [1.165, 1.54) is 5.56 Å². The van der Waals surface area contributed by atoms with Crippen LogP contribution < -0.4 is 10.2 Å². The number of nitrogens with zero attached hydrogens (tertiary/aromatic N) is 2. The Balaban J connectivity index is 2.32. The second kappa shape index (κ2) is 6.82. The monoisotopic (exact) mass is 309 g/mol. The third kappa shape index (κ3) is 3.35. The Morgan fingerprint density at radius 3 is 2.45 bits per heavy atom. The van der Waals surface area contributed by atoms with Gasteiger partial charge in [0, 0.05) is 20.1 Å². The van der Waals surface area contributed by atoms with Gasteiger partial charge < -0.3 is 10.2 Å². The quantitative estimate of drug-likeness (QED) is 0.884. The number of pyridine rings is 1. The van der Waals surface area contributed by atoms with E-state index in [-0.39, 0.29) is 0 Å². The molecule has 0 amide bonds. The van der Waals surface area contributed by atoms with E-state index in [1.807, 2.05) is 18.2 Å². The predicted octanol–water partition coefficient (Wildman–Crippen LogP) is 4.46. The van der Waals surface area contributed by atoms with Crippen LogP contribution in [0.25, 0.3) is 0 Å². The van der Waals surface area contributed by atoms with Crippen molar-refractivity contribution < 1.29 is 0 Å². The average Bonchev–Trinajstić information content (AvgIpc) is 2.46. The maximum Gasteiger partial charge on any atom is 0.150 e. The maximum atomic E-state index is 6.28. The molecule has 0 saturated heterocycles. The van der Waals surface area contributed by atoms with Crippen molar-refractivity contribution in [1.29, 1.82) is 0 Å². The Morgan fingerprint density at radius 2 is 1.85 bits per heavy atom. The molecule has 20 heavy (non-hydrogen) atoms. The minimum Gasteiger partial charge on any atom is -0.372 e. The molecule has 1 heterocycles. The van der Waals surface area contributed by atoms with Crippen LogP contribution in [0.3, 0.4) is 0 Å². The average molecular weight is 310 g/mol. The van der Waals surface area contributed by atoms with Crippen LogP contribution in [0.5, 0.6) is 0 Å². The van der Waals surface area contributed by atoms with Gasteiger partial charge in [-0.05, 0) is 18.6 Å². The molecule has 2 aromatic rings. The van der Waals surface area contributed by atoms with Gasteiger partial charge in [0.1, 0.15) is 11.6 Å². The van der Waals surface area contributed by atoms with Crippen LogP contribution in [0.15, 0.2) is 36.4 Å². The topological polar surface area (TPSA) is 28.2 Å². The van der Waals surface area contributed by atoms with E-state index in [0.29, 0.717) is 15.9 Å². The van der Waals surface area contributed by atoms with Crippen molar-refractivity contribution in [3.05, 3.63) is 52.0 Å². The molecule has 0 spiro atoms.